The molecule has 2 aromatic carbocycles. The van der Waals surface area contributed by atoms with Crippen molar-refractivity contribution in [3.63, 3.8) is 0 Å². The first-order valence-electron chi connectivity index (χ1n) is 10.8. The number of carbonyl (C=O) groups is 1. The van der Waals surface area contributed by atoms with Crippen LogP contribution in [-0.4, -0.2) is 27.2 Å². The predicted octanol–water partition coefficient (Wildman–Crippen LogP) is 5.99. The van der Waals surface area contributed by atoms with Gasteiger partial charge in [0.2, 0.25) is 5.89 Å². The van der Waals surface area contributed by atoms with Crippen molar-refractivity contribution in [3.8, 4) is 17.1 Å². The van der Waals surface area contributed by atoms with Crippen molar-refractivity contribution in [2.75, 3.05) is 6.54 Å². The van der Waals surface area contributed by atoms with Crippen LogP contribution in [0.2, 0.25) is 10.0 Å². The molecular formula is C25H22Cl2N4O2. The lowest BCUT2D eigenvalue weighted by Crippen LogP contribution is -2.26. The number of oxazole rings is 1. The Kier molecular flexibility index (Phi) is 5.96. The van der Waals surface area contributed by atoms with Crippen LogP contribution < -0.4 is 5.32 Å². The number of hydrogen-bond donors (Lipinski definition) is 1. The van der Waals surface area contributed by atoms with E-state index >= 15 is 0 Å². The van der Waals surface area contributed by atoms with Gasteiger partial charge in [-0.2, -0.15) is 5.10 Å². The largest absolute Gasteiger partial charge is 0.444 e. The summed E-state index contributed by atoms with van der Waals surface area (Å²) in [7, 11) is 0. The van der Waals surface area contributed by atoms with Gasteiger partial charge in [-0.3, -0.25) is 4.79 Å². The number of nitrogens with zero attached hydrogens (tertiary/aromatic N) is 3. The molecule has 0 unspecified atom stereocenters. The summed E-state index contributed by atoms with van der Waals surface area (Å²) in [5.74, 6) is 0.719. The highest BCUT2D eigenvalue weighted by Crippen LogP contribution is 2.43. The number of benzene rings is 2. The number of carbonyl (C=O) groups excluding carboxylic acids is 1. The van der Waals surface area contributed by atoms with E-state index in [0.29, 0.717) is 46.1 Å². The van der Waals surface area contributed by atoms with E-state index in [2.05, 4.69) is 15.4 Å². The second-order valence-corrected chi connectivity index (χ2v) is 9.08. The fraction of sp³-hybridized carbons (Fsp3) is 0.240. The third-order valence-corrected chi connectivity index (χ3v) is 6.21. The Morgan fingerprint density at radius 2 is 1.97 bits per heavy atom. The second-order valence-electron chi connectivity index (χ2n) is 8.24. The van der Waals surface area contributed by atoms with E-state index in [1.807, 2.05) is 37.3 Å². The van der Waals surface area contributed by atoms with Crippen LogP contribution >= 0.6 is 23.2 Å². The zero-order chi connectivity index (χ0) is 22.9. The molecule has 0 bridgehead atoms. The summed E-state index contributed by atoms with van der Waals surface area (Å²) in [6.07, 6.45) is 5.86. The van der Waals surface area contributed by atoms with E-state index in [1.54, 1.807) is 29.3 Å². The van der Waals surface area contributed by atoms with Crippen molar-refractivity contribution < 1.29 is 9.21 Å². The van der Waals surface area contributed by atoms with Gasteiger partial charge in [-0.1, -0.05) is 40.9 Å². The maximum absolute atomic E-state index is 13.0. The average Bonchev–Trinajstić information content (AvgIpc) is 3.36. The maximum Gasteiger partial charge on any atom is 0.254 e. The number of aromatic nitrogens is 3. The highest BCUT2D eigenvalue weighted by molar-refractivity contribution is 6.35. The van der Waals surface area contributed by atoms with E-state index in [4.69, 9.17) is 27.6 Å². The monoisotopic (exact) mass is 480 g/mol. The molecule has 1 N–H and O–H groups in total. The van der Waals surface area contributed by atoms with Gasteiger partial charge >= 0.3 is 0 Å². The minimum Gasteiger partial charge on any atom is -0.444 e. The molecule has 0 aliphatic heterocycles. The summed E-state index contributed by atoms with van der Waals surface area (Å²) in [6, 6.07) is 13.3. The zero-order valence-corrected chi connectivity index (χ0v) is 19.5. The molecule has 33 heavy (non-hydrogen) atoms. The Balaban J connectivity index is 1.27. The van der Waals surface area contributed by atoms with Gasteiger partial charge < -0.3 is 9.73 Å². The molecule has 2 aromatic heterocycles. The lowest BCUT2D eigenvalue weighted by Gasteiger charge is -2.11. The molecule has 0 spiro atoms. The molecule has 2 heterocycles. The van der Waals surface area contributed by atoms with Gasteiger partial charge in [-0.05, 0) is 50.1 Å². The molecule has 1 fully saturated rings. The molecule has 0 radical (unpaired) electrons. The Bertz CT molecular complexity index is 1310. The molecule has 1 aliphatic carbocycles. The number of halogens is 2. The molecule has 1 aliphatic rings. The van der Waals surface area contributed by atoms with Crippen LogP contribution in [-0.2, 0) is 6.42 Å². The first kappa shape index (κ1) is 21.7. The average molecular weight is 481 g/mol. The first-order chi connectivity index (χ1) is 16.0. The molecule has 4 aromatic rings. The highest BCUT2D eigenvalue weighted by atomic mass is 35.5. The van der Waals surface area contributed by atoms with Crippen molar-refractivity contribution in [2.24, 2.45) is 0 Å². The molecule has 168 valence electrons. The standard InChI is InChI=1S/C25H22Cl2N4O2/c1-15-2-4-17(5-3-15)25-30-19(14-33-25)10-11-28-24(32)20-13-29-31(23(20)16-6-7-16)22-9-8-18(26)12-21(22)27/h2-5,8-9,12-14,16H,6-7,10-11H2,1H3,(H,28,32). The molecular weight excluding hydrogens is 459 g/mol. The van der Waals surface area contributed by atoms with E-state index in [0.717, 1.165) is 29.8 Å². The van der Waals surface area contributed by atoms with Gasteiger partial charge in [0.25, 0.3) is 5.91 Å². The fourth-order valence-electron chi connectivity index (χ4n) is 3.78. The van der Waals surface area contributed by atoms with Crippen LogP contribution in [0, 0.1) is 6.92 Å². The lowest BCUT2D eigenvalue weighted by molar-refractivity contribution is 0.0953. The van der Waals surface area contributed by atoms with Crippen LogP contribution in [0.4, 0.5) is 0 Å². The lowest BCUT2D eigenvalue weighted by atomic mass is 10.1. The van der Waals surface area contributed by atoms with Crippen molar-refractivity contribution in [3.05, 3.63) is 87.5 Å². The van der Waals surface area contributed by atoms with Gasteiger partial charge in [-0.15, -0.1) is 0 Å². The van der Waals surface area contributed by atoms with E-state index < -0.39 is 0 Å². The number of aryl methyl sites for hydroxylation is 1. The summed E-state index contributed by atoms with van der Waals surface area (Å²) in [6.45, 7) is 2.48. The summed E-state index contributed by atoms with van der Waals surface area (Å²) in [5, 5.41) is 8.51. The third-order valence-electron chi connectivity index (χ3n) is 5.67. The summed E-state index contributed by atoms with van der Waals surface area (Å²) < 4.78 is 7.37. The van der Waals surface area contributed by atoms with Gasteiger partial charge in [-0.25, -0.2) is 9.67 Å². The number of nitrogens with one attached hydrogen (secondary N) is 1. The van der Waals surface area contributed by atoms with Crippen LogP contribution in [0.25, 0.3) is 17.1 Å². The van der Waals surface area contributed by atoms with Crippen molar-refractivity contribution >= 4 is 29.1 Å². The Morgan fingerprint density at radius 1 is 1.18 bits per heavy atom. The third kappa shape index (κ3) is 4.68. The summed E-state index contributed by atoms with van der Waals surface area (Å²) in [4.78, 5) is 17.5. The van der Waals surface area contributed by atoms with Crippen LogP contribution in [0.1, 0.15) is 46.1 Å². The molecule has 0 atom stereocenters. The number of hydrogen-bond acceptors (Lipinski definition) is 4. The molecule has 0 saturated heterocycles. The van der Waals surface area contributed by atoms with E-state index in [-0.39, 0.29) is 5.91 Å². The SMILES string of the molecule is Cc1ccc(-c2nc(CCNC(=O)c3cnn(-c4ccc(Cl)cc4Cl)c3C3CC3)co2)cc1. The second kappa shape index (κ2) is 9.04. The molecule has 8 heteroatoms. The normalized spacial score (nSPS) is 13.3. The smallest absolute Gasteiger partial charge is 0.254 e. The quantitative estimate of drug-likeness (QED) is 0.352. The summed E-state index contributed by atoms with van der Waals surface area (Å²) in [5.41, 5.74) is 5.08. The van der Waals surface area contributed by atoms with Crippen molar-refractivity contribution in [1.82, 2.24) is 20.1 Å². The van der Waals surface area contributed by atoms with E-state index in [1.165, 1.54) is 5.56 Å². The number of amides is 1. The van der Waals surface area contributed by atoms with Gasteiger partial charge in [0.05, 0.1) is 33.9 Å². The van der Waals surface area contributed by atoms with Crippen molar-refractivity contribution in [1.29, 1.82) is 0 Å². The molecule has 6 nitrogen and oxygen atoms in total. The Labute approximate surface area is 201 Å². The van der Waals surface area contributed by atoms with E-state index in [9.17, 15) is 4.79 Å². The minimum absolute atomic E-state index is 0.157. The topological polar surface area (TPSA) is 73.0 Å². The Hall–Kier alpha value is -3.09. The minimum atomic E-state index is -0.157. The molecule has 5 rings (SSSR count). The van der Waals surface area contributed by atoms with Gasteiger partial charge in [0.15, 0.2) is 0 Å². The van der Waals surface area contributed by atoms with Gasteiger partial charge in [0.1, 0.15) is 6.26 Å². The molecule has 1 amide bonds. The van der Waals surface area contributed by atoms with Crippen molar-refractivity contribution in [2.45, 2.75) is 32.1 Å². The van der Waals surface area contributed by atoms with Gasteiger partial charge in [0, 0.05) is 29.5 Å². The number of rotatable bonds is 7. The van der Waals surface area contributed by atoms with Crippen LogP contribution in [0.5, 0.6) is 0 Å². The fourth-order valence-corrected chi connectivity index (χ4v) is 4.27. The zero-order valence-electron chi connectivity index (χ0n) is 18.0. The maximum atomic E-state index is 13.0. The predicted molar refractivity (Wildman–Crippen MR) is 128 cm³/mol. The first-order valence-corrected chi connectivity index (χ1v) is 11.6. The summed E-state index contributed by atoms with van der Waals surface area (Å²) >= 11 is 12.4. The van der Waals surface area contributed by atoms with Crippen LogP contribution in [0.3, 0.4) is 0 Å². The highest BCUT2D eigenvalue weighted by Gasteiger charge is 2.33. The van der Waals surface area contributed by atoms with Crippen LogP contribution in [0.15, 0.2) is 59.3 Å². The molecule has 1 saturated carbocycles. The Morgan fingerprint density at radius 3 is 2.70 bits per heavy atom.